The largest absolute Gasteiger partial charge is 0.311 e. The molecule has 2 heteroatoms. The van der Waals surface area contributed by atoms with Gasteiger partial charge in [-0.05, 0) is 25.7 Å². The number of rotatable bonds is 4. The second kappa shape index (κ2) is 6.75. The molecule has 2 atom stereocenters. The van der Waals surface area contributed by atoms with Crippen molar-refractivity contribution >= 4 is 0 Å². The second-order valence-corrected chi connectivity index (χ2v) is 5.94. The van der Waals surface area contributed by atoms with Gasteiger partial charge in [0, 0.05) is 31.2 Å². The lowest BCUT2D eigenvalue weighted by Crippen LogP contribution is -2.59. The summed E-state index contributed by atoms with van der Waals surface area (Å²) in [6.07, 6.45) is 11.3. The predicted octanol–water partition coefficient (Wildman–Crippen LogP) is 3.17. The van der Waals surface area contributed by atoms with E-state index >= 15 is 0 Å². The van der Waals surface area contributed by atoms with E-state index in [1.54, 1.807) is 0 Å². The van der Waals surface area contributed by atoms with E-state index in [0.29, 0.717) is 0 Å². The first-order chi connectivity index (χ1) is 8.35. The van der Waals surface area contributed by atoms with Gasteiger partial charge in [-0.2, -0.15) is 0 Å². The first-order valence-electron chi connectivity index (χ1n) is 7.84. The minimum Gasteiger partial charge on any atom is -0.311 e. The van der Waals surface area contributed by atoms with E-state index < -0.39 is 0 Å². The van der Waals surface area contributed by atoms with Crippen LogP contribution in [0.15, 0.2) is 0 Å². The van der Waals surface area contributed by atoms with Gasteiger partial charge in [-0.25, -0.2) is 0 Å². The topological polar surface area (TPSA) is 15.3 Å². The molecule has 0 aromatic rings. The molecule has 1 aliphatic carbocycles. The number of piperazine rings is 1. The summed E-state index contributed by atoms with van der Waals surface area (Å²) in [5.74, 6) is 0. The van der Waals surface area contributed by atoms with Gasteiger partial charge in [0.25, 0.3) is 0 Å². The van der Waals surface area contributed by atoms with Gasteiger partial charge < -0.3 is 5.32 Å². The lowest BCUT2D eigenvalue weighted by atomic mass is 9.91. The van der Waals surface area contributed by atoms with Gasteiger partial charge in [0.05, 0.1) is 0 Å². The Labute approximate surface area is 107 Å². The van der Waals surface area contributed by atoms with E-state index in [1.165, 1.54) is 64.5 Å². The van der Waals surface area contributed by atoms with Crippen LogP contribution in [0.4, 0.5) is 0 Å². The molecular weight excluding hydrogens is 208 g/mol. The third-order valence-electron chi connectivity index (χ3n) is 4.69. The summed E-state index contributed by atoms with van der Waals surface area (Å²) in [7, 11) is 0. The molecule has 0 radical (unpaired) electrons. The van der Waals surface area contributed by atoms with Crippen molar-refractivity contribution in [1.82, 2.24) is 10.2 Å². The van der Waals surface area contributed by atoms with E-state index in [-0.39, 0.29) is 0 Å². The van der Waals surface area contributed by atoms with Crippen molar-refractivity contribution in [3.63, 3.8) is 0 Å². The van der Waals surface area contributed by atoms with Gasteiger partial charge in [-0.1, -0.05) is 39.5 Å². The predicted molar refractivity (Wildman–Crippen MR) is 74.4 cm³/mol. The maximum atomic E-state index is 3.75. The van der Waals surface area contributed by atoms with Crippen LogP contribution < -0.4 is 5.32 Å². The van der Waals surface area contributed by atoms with Crippen LogP contribution in [-0.2, 0) is 0 Å². The Morgan fingerprint density at radius 1 is 1.12 bits per heavy atom. The highest BCUT2D eigenvalue weighted by molar-refractivity contribution is 4.90. The van der Waals surface area contributed by atoms with Crippen molar-refractivity contribution in [2.45, 2.75) is 83.3 Å². The minimum atomic E-state index is 0.754. The Kier molecular flexibility index (Phi) is 5.30. The van der Waals surface area contributed by atoms with Crippen LogP contribution in [0, 0.1) is 0 Å². The van der Waals surface area contributed by atoms with Gasteiger partial charge in [0.2, 0.25) is 0 Å². The van der Waals surface area contributed by atoms with Crippen LogP contribution in [0.3, 0.4) is 0 Å². The summed E-state index contributed by atoms with van der Waals surface area (Å²) in [4.78, 5) is 2.86. The number of hydrogen-bond acceptors (Lipinski definition) is 2. The standard InChI is InChI=1S/C15H30N2/c1-3-8-13-12-17(14(4-2)11-16-13)15-9-6-5-7-10-15/h13-16H,3-12H2,1-2H3. The summed E-state index contributed by atoms with van der Waals surface area (Å²) in [5, 5.41) is 3.75. The summed E-state index contributed by atoms with van der Waals surface area (Å²) in [6, 6.07) is 2.45. The van der Waals surface area contributed by atoms with Crippen molar-refractivity contribution in [2.24, 2.45) is 0 Å². The SMILES string of the molecule is CCCC1CN(C2CCCCC2)C(CC)CN1. The Morgan fingerprint density at radius 3 is 2.53 bits per heavy atom. The van der Waals surface area contributed by atoms with Crippen molar-refractivity contribution in [2.75, 3.05) is 13.1 Å². The van der Waals surface area contributed by atoms with Crippen LogP contribution in [0.5, 0.6) is 0 Å². The first-order valence-corrected chi connectivity index (χ1v) is 7.84. The zero-order chi connectivity index (χ0) is 12.1. The summed E-state index contributed by atoms with van der Waals surface area (Å²) in [6.45, 7) is 7.18. The molecule has 0 spiro atoms. The fraction of sp³-hybridized carbons (Fsp3) is 1.00. The molecular formula is C15H30N2. The molecule has 17 heavy (non-hydrogen) atoms. The molecule has 1 N–H and O–H groups in total. The van der Waals surface area contributed by atoms with Crippen LogP contribution in [0.25, 0.3) is 0 Å². The van der Waals surface area contributed by atoms with E-state index in [1.807, 2.05) is 0 Å². The quantitative estimate of drug-likeness (QED) is 0.809. The molecule has 100 valence electrons. The Bertz CT molecular complexity index is 211. The van der Waals surface area contributed by atoms with E-state index in [2.05, 4.69) is 24.1 Å². The molecule has 0 amide bonds. The molecule has 1 aliphatic heterocycles. The molecule has 2 rings (SSSR count). The number of nitrogens with one attached hydrogen (secondary N) is 1. The number of hydrogen-bond donors (Lipinski definition) is 1. The fourth-order valence-electron chi connectivity index (χ4n) is 3.67. The van der Waals surface area contributed by atoms with E-state index in [4.69, 9.17) is 0 Å². The van der Waals surface area contributed by atoms with Crippen LogP contribution in [0.1, 0.15) is 65.2 Å². The van der Waals surface area contributed by atoms with Gasteiger partial charge >= 0.3 is 0 Å². The van der Waals surface area contributed by atoms with Crippen LogP contribution in [-0.4, -0.2) is 36.1 Å². The van der Waals surface area contributed by atoms with Crippen molar-refractivity contribution in [1.29, 1.82) is 0 Å². The molecule has 1 heterocycles. The Hall–Kier alpha value is -0.0800. The second-order valence-electron chi connectivity index (χ2n) is 5.94. The van der Waals surface area contributed by atoms with Gasteiger partial charge in [-0.15, -0.1) is 0 Å². The molecule has 1 saturated carbocycles. The average Bonchev–Trinajstić information content (AvgIpc) is 2.40. The zero-order valence-electron chi connectivity index (χ0n) is 11.8. The molecule has 0 aromatic carbocycles. The molecule has 1 saturated heterocycles. The molecule has 2 aliphatic rings. The maximum Gasteiger partial charge on any atom is 0.0221 e. The van der Waals surface area contributed by atoms with Gasteiger partial charge in [-0.3, -0.25) is 4.90 Å². The molecule has 2 nitrogen and oxygen atoms in total. The molecule has 0 bridgehead atoms. The maximum absolute atomic E-state index is 3.75. The van der Waals surface area contributed by atoms with Crippen molar-refractivity contribution in [3.05, 3.63) is 0 Å². The third kappa shape index (κ3) is 3.45. The summed E-state index contributed by atoms with van der Waals surface area (Å²) < 4.78 is 0. The average molecular weight is 238 g/mol. The lowest BCUT2D eigenvalue weighted by molar-refractivity contribution is 0.0576. The highest BCUT2D eigenvalue weighted by atomic mass is 15.3. The minimum absolute atomic E-state index is 0.754. The number of nitrogens with zero attached hydrogens (tertiary/aromatic N) is 1. The normalized spacial score (nSPS) is 32.8. The van der Waals surface area contributed by atoms with Crippen LogP contribution >= 0.6 is 0 Å². The van der Waals surface area contributed by atoms with Gasteiger partial charge in [0.15, 0.2) is 0 Å². The smallest absolute Gasteiger partial charge is 0.0221 e. The Balaban J connectivity index is 1.93. The van der Waals surface area contributed by atoms with Crippen molar-refractivity contribution in [3.8, 4) is 0 Å². The molecule has 0 aromatic heterocycles. The monoisotopic (exact) mass is 238 g/mol. The molecule has 2 unspecified atom stereocenters. The van der Waals surface area contributed by atoms with Crippen LogP contribution in [0.2, 0.25) is 0 Å². The highest BCUT2D eigenvalue weighted by Gasteiger charge is 2.31. The van der Waals surface area contributed by atoms with E-state index in [0.717, 1.165) is 18.1 Å². The first kappa shape index (κ1) is 13.4. The van der Waals surface area contributed by atoms with Gasteiger partial charge in [0.1, 0.15) is 0 Å². The zero-order valence-corrected chi connectivity index (χ0v) is 11.8. The highest BCUT2D eigenvalue weighted by Crippen LogP contribution is 2.27. The Morgan fingerprint density at radius 2 is 1.88 bits per heavy atom. The van der Waals surface area contributed by atoms with Crippen molar-refractivity contribution < 1.29 is 0 Å². The molecule has 2 fully saturated rings. The third-order valence-corrected chi connectivity index (χ3v) is 4.69. The van der Waals surface area contributed by atoms with E-state index in [9.17, 15) is 0 Å². The fourth-order valence-corrected chi connectivity index (χ4v) is 3.67. The summed E-state index contributed by atoms with van der Waals surface area (Å²) in [5.41, 5.74) is 0. The lowest BCUT2D eigenvalue weighted by Gasteiger charge is -2.46. The summed E-state index contributed by atoms with van der Waals surface area (Å²) >= 11 is 0.